The second-order valence-corrected chi connectivity index (χ2v) is 6.81. The van der Waals surface area contributed by atoms with Crippen LogP contribution in [0.15, 0.2) is 30.3 Å². The molecule has 2 aromatic rings. The number of anilines is 1. The van der Waals surface area contributed by atoms with Gasteiger partial charge in [-0.2, -0.15) is 0 Å². The van der Waals surface area contributed by atoms with E-state index in [9.17, 15) is 14.4 Å². The van der Waals surface area contributed by atoms with Crippen molar-refractivity contribution in [3.05, 3.63) is 52.8 Å². The maximum atomic E-state index is 12.3. The fraction of sp³-hybridized carbons (Fsp3) is 0.409. The van der Waals surface area contributed by atoms with Crippen LogP contribution in [0.4, 0.5) is 5.69 Å². The summed E-state index contributed by atoms with van der Waals surface area (Å²) < 4.78 is 6.74. The monoisotopic (exact) mass is 414 g/mol. The standard InChI is InChI=1S/C22H30N4O4/c1-6-25(7-2)18-11-9-17(10-12-18)21(28)24-23-20(27)14-26-15(4)13-19(16(26)5)22(29)30-8-3/h9-13H,6-8,14H2,1-5H3,(H,23,27)(H,24,28). The topological polar surface area (TPSA) is 92.7 Å². The van der Waals surface area contributed by atoms with Gasteiger partial charge in [-0.05, 0) is 65.0 Å². The molecule has 0 aliphatic rings. The zero-order chi connectivity index (χ0) is 22.3. The minimum Gasteiger partial charge on any atom is -0.462 e. The second-order valence-electron chi connectivity index (χ2n) is 6.81. The molecule has 1 aromatic heterocycles. The van der Waals surface area contributed by atoms with Crippen LogP contribution in [0.25, 0.3) is 0 Å². The number of nitrogens with one attached hydrogen (secondary N) is 2. The van der Waals surface area contributed by atoms with E-state index in [2.05, 4.69) is 29.6 Å². The molecule has 0 aliphatic heterocycles. The SMILES string of the molecule is CCOC(=O)c1cc(C)n(CC(=O)NNC(=O)c2ccc(N(CC)CC)cc2)c1C. The van der Waals surface area contributed by atoms with Crippen molar-refractivity contribution in [2.24, 2.45) is 0 Å². The Morgan fingerprint density at radius 3 is 2.20 bits per heavy atom. The Labute approximate surface area is 177 Å². The Balaban J connectivity index is 1.96. The number of hydrogen-bond acceptors (Lipinski definition) is 5. The maximum Gasteiger partial charge on any atom is 0.339 e. The number of carbonyl (C=O) groups is 3. The van der Waals surface area contributed by atoms with Crippen molar-refractivity contribution in [3.63, 3.8) is 0 Å². The van der Waals surface area contributed by atoms with Crippen LogP contribution in [-0.4, -0.2) is 42.0 Å². The molecule has 2 rings (SSSR count). The summed E-state index contributed by atoms with van der Waals surface area (Å²) in [5, 5.41) is 0. The molecular formula is C22H30N4O4. The molecule has 8 nitrogen and oxygen atoms in total. The molecule has 2 amide bonds. The number of rotatable bonds is 8. The fourth-order valence-electron chi connectivity index (χ4n) is 3.25. The molecule has 162 valence electrons. The Hall–Kier alpha value is -3.29. The molecule has 0 aliphatic carbocycles. The van der Waals surface area contributed by atoms with Gasteiger partial charge in [0.25, 0.3) is 11.8 Å². The maximum absolute atomic E-state index is 12.3. The normalized spacial score (nSPS) is 10.4. The molecule has 0 unspecified atom stereocenters. The molecule has 0 saturated carbocycles. The Kier molecular flexibility index (Phi) is 8.03. The lowest BCUT2D eigenvalue weighted by molar-refractivity contribution is -0.122. The van der Waals surface area contributed by atoms with Gasteiger partial charge in [-0.3, -0.25) is 20.4 Å². The summed E-state index contributed by atoms with van der Waals surface area (Å²) in [6.45, 7) is 11.5. The minimum absolute atomic E-state index is 0.0295. The molecule has 8 heteroatoms. The van der Waals surface area contributed by atoms with Crippen molar-refractivity contribution in [1.82, 2.24) is 15.4 Å². The number of nitrogens with zero attached hydrogens (tertiary/aromatic N) is 2. The van der Waals surface area contributed by atoms with E-state index in [0.29, 0.717) is 16.8 Å². The largest absolute Gasteiger partial charge is 0.462 e. The first-order chi connectivity index (χ1) is 14.3. The van der Waals surface area contributed by atoms with Gasteiger partial charge in [0.05, 0.1) is 12.2 Å². The van der Waals surface area contributed by atoms with Crippen LogP contribution >= 0.6 is 0 Å². The minimum atomic E-state index is -0.418. The highest BCUT2D eigenvalue weighted by Gasteiger charge is 2.18. The number of carbonyl (C=O) groups excluding carboxylic acids is 3. The first-order valence-corrected chi connectivity index (χ1v) is 10.1. The van der Waals surface area contributed by atoms with Gasteiger partial charge >= 0.3 is 5.97 Å². The average molecular weight is 415 g/mol. The van der Waals surface area contributed by atoms with E-state index in [1.807, 2.05) is 12.1 Å². The Morgan fingerprint density at radius 1 is 1.00 bits per heavy atom. The van der Waals surface area contributed by atoms with E-state index >= 15 is 0 Å². The second kappa shape index (κ2) is 10.5. The number of amides is 2. The summed E-state index contributed by atoms with van der Waals surface area (Å²) in [5.74, 6) is -1.22. The van der Waals surface area contributed by atoms with Gasteiger partial charge in [-0.25, -0.2) is 4.79 Å². The van der Waals surface area contributed by atoms with Crippen LogP contribution in [0.5, 0.6) is 0 Å². The van der Waals surface area contributed by atoms with Crippen molar-refractivity contribution >= 4 is 23.5 Å². The third kappa shape index (κ3) is 5.40. The molecule has 1 aromatic carbocycles. The molecule has 0 radical (unpaired) electrons. The van der Waals surface area contributed by atoms with Gasteiger partial charge in [0.15, 0.2) is 0 Å². The van der Waals surface area contributed by atoms with Crippen LogP contribution in [0.3, 0.4) is 0 Å². The fourth-order valence-corrected chi connectivity index (χ4v) is 3.25. The van der Waals surface area contributed by atoms with Crippen molar-refractivity contribution in [2.45, 2.75) is 41.2 Å². The van der Waals surface area contributed by atoms with Crippen LogP contribution in [0.1, 0.15) is 52.9 Å². The first kappa shape index (κ1) is 23.0. The van der Waals surface area contributed by atoms with Crippen LogP contribution in [0, 0.1) is 13.8 Å². The quantitative estimate of drug-likeness (QED) is 0.512. The van der Waals surface area contributed by atoms with E-state index in [0.717, 1.165) is 24.5 Å². The number of benzene rings is 1. The summed E-state index contributed by atoms with van der Waals surface area (Å²) in [7, 11) is 0. The molecule has 0 fully saturated rings. The number of ether oxygens (including phenoxy) is 1. The summed E-state index contributed by atoms with van der Waals surface area (Å²) in [6, 6.07) is 8.90. The van der Waals surface area contributed by atoms with E-state index in [1.165, 1.54) is 0 Å². The highest BCUT2D eigenvalue weighted by atomic mass is 16.5. The Bertz CT molecular complexity index is 899. The van der Waals surface area contributed by atoms with Crippen molar-refractivity contribution in [2.75, 3.05) is 24.6 Å². The first-order valence-electron chi connectivity index (χ1n) is 10.1. The predicted molar refractivity (Wildman–Crippen MR) is 115 cm³/mol. The highest BCUT2D eigenvalue weighted by Crippen LogP contribution is 2.16. The van der Waals surface area contributed by atoms with Gasteiger partial charge < -0.3 is 14.2 Å². The van der Waals surface area contributed by atoms with Crippen LogP contribution in [0.2, 0.25) is 0 Å². The lowest BCUT2D eigenvalue weighted by Gasteiger charge is -2.21. The molecule has 2 N–H and O–H groups in total. The zero-order valence-corrected chi connectivity index (χ0v) is 18.2. The van der Waals surface area contributed by atoms with Gasteiger partial charge in [0.2, 0.25) is 0 Å². The van der Waals surface area contributed by atoms with E-state index in [1.54, 1.807) is 43.5 Å². The molecule has 0 saturated heterocycles. The van der Waals surface area contributed by atoms with E-state index < -0.39 is 17.8 Å². The summed E-state index contributed by atoms with van der Waals surface area (Å²) in [5.41, 5.74) is 8.16. The molecule has 30 heavy (non-hydrogen) atoms. The van der Waals surface area contributed by atoms with Crippen molar-refractivity contribution < 1.29 is 19.1 Å². The van der Waals surface area contributed by atoms with E-state index in [4.69, 9.17) is 4.74 Å². The Morgan fingerprint density at radius 2 is 1.63 bits per heavy atom. The van der Waals surface area contributed by atoms with Crippen molar-refractivity contribution in [1.29, 1.82) is 0 Å². The molecule has 0 bridgehead atoms. The van der Waals surface area contributed by atoms with Crippen LogP contribution in [-0.2, 0) is 16.1 Å². The summed E-state index contributed by atoms with van der Waals surface area (Å²) >= 11 is 0. The van der Waals surface area contributed by atoms with Gasteiger partial charge in [-0.15, -0.1) is 0 Å². The molecule has 0 atom stereocenters. The number of esters is 1. The van der Waals surface area contributed by atoms with Gasteiger partial charge in [0.1, 0.15) is 6.54 Å². The van der Waals surface area contributed by atoms with Gasteiger partial charge in [0, 0.05) is 35.7 Å². The number of hydrogen-bond donors (Lipinski definition) is 2. The van der Waals surface area contributed by atoms with Gasteiger partial charge in [-0.1, -0.05) is 0 Å². The lowest BCUT2D eigenvalue weighted by Crippen LogP contribution is -2.43. The van der Waals surface area contributed by atoms with E-state index in [-0.39, 0.29) is 13.2 Å². The number of aryl methyl sites for hydroxylation is 1. The van der Waals surface area contributed by atoms with Crippen LogP contribution < -0.4 is 15.8 Å². The highest BCUT2D eigenvalue weighted by molar-refractivity contribution is 5.95. The third-order valence-electron chi connectivity index (χ3n) is 4.94. The summed E-state index contributed by atoms with van der Waals surface area (Å²) in [4.78, 5) is 38.8. The predicted octanol–water partition coefficient (Wildman–Crippen LogP) is 2.59. The van der Waals surface area contributed by atoms with Crippen molar-refractivity contribution in [3.8, 4) is 0 Å². The molecule has 1 heterocycles. The average Bonchev–Trinajstić information content (AvgIpc) is 3.02. The lowest BCUT2D eigenvalue weighted by atomic mass is 10.2. The third-order valence-corrected chi connectivity index (χ3v) is 4.94. The molecule has 0 spiro atoms. The number of hydrazine groups is 1. The molecular weight excluding hydrogens is 384 g/mol. The smallest absolute Gasteiger partial charge is 0.339 e. The summed E-state index contributed by atoms with van der Waals surface area (Å²) in [6.07, 6.45) is 0. The zero-order valence-electron chi connectivity index (χ0n) is 18.2. The number of aromatic nitrogens is 1.